The third kappa shape index (κ3) is 4.94. The van der Waals surface area contributed by atoms with E-state index in [4.69, 9.17) is 17.0 Å². The third-order valence-corrected chi connectivity index (χ3v) is 4.32. The van der Waals surface area contributed by atoms with Crippen molar-refractivity contribution in [2.75, 3.05) is 12.4 Å². The van der Waals surface area contributed by atoms with Gasteiger partial charge in [-0.25, -0.2) is 0 Å². The number of ether oxygens (including phenoxy) is 1. The number of hydrogen-bond acceptors (Lipinski definition) is 5. The van der Waals surface area contributed by atoms with Crippen LogP contribution in [0, 0.1) is 10.1 Å². The molecular formula is C21H17N3O4S. The summed E-state index contributed by atoms with van der Waals surface area (Å²) in [5, 5.41) is 18.4. The average Bonchev–Trinajstić information content (AvgIpc) is 2.72. The fraction of sp³-hybridized carbons (Fsp3) is 0.0476. The van der Waals surface area contributed by atoms with Crippen LogP contribution in [0.2, 0.25) is 0 Å². The average molecular weight is 407 g/mol. The van der Waals surface area contributed by atoms with E-state index in [9.17, 15) is 14.9 Å². The number of nitrogens with one attached hydrogen (secondary N) is 2. The van der Waals surface area contributed by atoms with Crippen LogP contribution in [0.5, 0.6) is 5.75 Å². The van der Waals surface area contributed by atoms with E-state index in [1.54, 1.807) is 6.08 Å². The van der Waals surface area contributed by atoms with Crippen molar-refractivity contribution in [1.82, 2.24) is 5.32 Å². The van der Waals surface area contributed by atoms with Gasteiger partial charge in [0, 0.05) is 12.1 Å². The molecule has 0 fully saturated rings. The number of nitro benzene ring substituents is 1. The smallest absolute Gasteiger partial charge is 0.273 e. The molecule has 0 unspecified atom stereocenters. The van der Waals surface area contributed by atoms with Crippen molar-refractivity contribution < 1.29 is 14.5 Å². The Kier molecular flexibility index (Phi) is 6.16. The highest BCUT2D eigenvalue weighted by molar-refractivity contribution is 7.80. The van der Waals surface area contributed by atoms with Crippen molar-refractivity contribution in [2.24, 2.45) is 0 Å². The number of anilines is 1. The lowest BCUT2D eigenvalue weighted by Gasteiger charge is -2.11. The molecule has 0 aliphatic heterocycles. The quantitative estimate of drug-likeness (QED) is 0.284. The number of hydrogen-bond donors (Lipinski definition) is 2. The molecule has 0 radical (unpaired) electrons. The van der Waals surface area contributed by atoms with Gasteiger partial charge in [0.15, 0.2) is 5.11 Å². The Labute approximate surface area is 172 Å². The number of nitrogens with zero attached hydrogens (tertiary/aromatic N) is 1. The Hall–Kier alpha value is -3.78. The fourth-order valence-corrected chi connectivity index (χ4v) is 2.98. The number of carbonyl (C=O) groups is 1. The van der Waals surface area contributed by atoms with E-state index in [1.807, 2.05) is 42.5 Å². The van der Waals surface area contributed by atoms with Crippen molar-refractivity contribution in [3.8, 4) is 5.75 Å². The van der Waals surface area contributed by atoms with Gasteiger partial charge < -0.3 is 10.1 Å². The second-order valence-corrected chi connectivity index (χ2v) is 6.40. The summed E-state index contributed by atoms with van der Waals surface area (Å²) in [5.74, 6) is -0.168. The van der Waals surface area contributed by atoms with Crippen LogP contribution in [0.1, 0.15) is 5.56 Å². The van der Waals surface area contributed by atoms with Gasteiger partial charge in [0.05, 0.1) is 23.8 Å². The maximum atomic E-state index is 12.2. The van der Waals surface area contributed by atoms with Gasteiger partial charge >= 0.3 is 0 Å². The summed E-state index contributed by atoms with van der Waals surface area (Å²) in [4.78, 5) is 22.5. The molecule has 3 aromatic carbocycles. The van der Waals surface area contributed by atoms with E-state index in [1.165, 1.54) is 31.4 Å². The molecule has 146 valence electrons. The largest absolute Gasteiger partial charge is 0.494 e. The summed E-state index contributed by atoms with van der Waals surface area (Å²) in [6.45, 7) is 0. The minimum Gasteiger partial charge on any atom is -0.494 e. The highest BCUT2D eigenvalue weighted by Gasteiger charge is 2.12. The molecule has 2 N–H and O–H groups in total. The van der Waals surface area contributed by atoms with Crippen LogP contribution >= 0.6 is 12.2 Å². The monoisotopic (exact) mass is 407 g/mol. The van der Waals surface area contributed by atoms with Crippen molar-refractivity contribution in [2.45, 2.75) is 0 Å². The lowest BCUT2D eigenvalue weighted by Crippen LogP contribution is -2.32. The Bertz CT molecular complexity index is 1120. The highest BCUT2D eigenvalue weighted by Crippen LogP contribution is 2.28. The number of fused-ring (bicyclic) bond motifs is 1. The van der Waals surface area contributed by atoms with E-state index in [-0.39, 0.29) is 16.5 Å². The summed E-state index contributed by atoms with van der Waals surface area (Å²) < 4.78 is 5.13. The van der Waals surface area contributed by atoms with E-state index in [0.29, 0.717) is 5.69 Å². The molecule has 0 aliphatic rings. The maximum Gasteiger partial charge on any atom is 0.273 e. The summed E-state index contributed by atoms with van der Waals surface area (Å²) in [7, 11) is 1.39. The van der Waals surface area contributed by atoms with Crippen LogP contribution in [0.25, 0.3) is 16.8 Å². The van der Waals surface area contributed by atoms with E-state index >= 15 is 0 Å². The number of carbonyl (C=O) groups excluding carboxylic acids is 1. The normalized spacial score (nSPS) is 10.7. The molecule has 0 bridgehead atoms. The fourth-order valence-electron chi connectivity index (χ4n) is 2.77. The molecule has 7 nitrogen and oxygen atoms in total. The number of amides is 1. The summed E-state index contributed by atoms with van der Waals surface area (Å²) >= 11 is 5.15. The Morgan fingerprint density at radius 3 is 2.66 bits per heavy atom. The molecular weight excluding hydrogens is 390 g/mol. The third-order valence-electron chi connectivity index (χ3n) is 4.12. The number of thiocarbonyl (C=S) groups is 1. The molecule has 1 amide bonds. The molecule has 0 saturated heterocycles. The highest BCUT2D eigenvalue weighted by atomic mass is 32.1. The molecule has 0 saturated carbocycles. The Balaban J connectivity index is 1.67. The predicted octanol–water partition coefficient (Wildman–Crippen LogP) is 4.28. The maximum absolute atomic E-state index is 12.2. The lowest BCUT2D eigenvalue weighted by atomic mass is 10.0. The number of nitro groups is 1. The molecule has 3 aromatic rings. The van der Waals surface area contributed by atoms with Gasteiger partial charge in [-0.2, -0.15) is 0 Å². The molecule has 0 aliphatic carbocycles. The van der Waals surface area contributed by atoms with Crippen LogP contribution in [0.3, 0.4) is 0 Å². The number of rotatable bonds is 5. The number of non-ortho nitro benzene ring substituents is 1. The van der Waals surface area contributed by atoms with Crippen LogP contribution in [0.4, 0.5) is 11.4 Å². The van der Waals surface area contributed by atoms with E-state index < -0.39 is 10.8 Å². The van der Waals surface area contributed by atoms with E-state index in [2.05, 4.69) is 10.6 Å². The first-order chi connectivity index (χ1) is 14.0. The standard InChI is InChI=1S/C21H17N3O4S/c1-28-19-13-16(24(26)27)10-11-18(19)22-21(29)23-20(25)12-9-15-7-4-6-14-5-2-3-8-17(14)15/h2-13H,1H3,(H2,22,23,25,29)/b12-9+. The second kappa shape index (κ2) is 8.94. The zero-order chi connectivity index (χ0) is 20.8. The minimum absolute atomic E-state index is 0.0460. The Morgan fingerprint density at radius 1 is 1.14 bits per heavy atom. The summed E-state index contributed by atoms with van der Waals surface area (Å²) in [6, 6.07) is 17.8. The molecule has 3 rings (SSSR count). The van der Waals surface area contributed by atoms with Gasteiger partial charge in [-0.1, -0.05) is 42.5 Å². The topological polar surface area (TPSA) is 93.5 Å². The van der Waals surface area contributed by atoms with Crippen molar-refractivity contribution in [1.29, 1.82) is 0 Å². The Morgan fingerprint density at radius 2 is 1.90 bits per heavy atom. The van der Waals surface area contributed by atoms with Gasteiger partial charge in [0.2, 0.25) is 5.91 Å². The van der Waals surface area contributed by atoms with Gasteiger partial charge in [0.25, 0.3) is 5.69 Å². The zero-order valence-corrected chi connectivity index (χ0v) is 16.2. The zero-order valence-electron chi connectivity index (χ0n) is 15.4. The van der Waals surface area contributed by atoms with Gasteiger partial charge in [-0.15, -0.1) is 0 Å². The van der Waals surface area contributed by atoms with Crippen LogP contribution in [0.15, 0.2) is 66.7 Å². The number of methoxy groups -OCH3 is 1. The van der Waals surface area contributed by atoms with Crippen LogP contribution < -0.4 is 15.4 Å². The van der Waals surface area contributed by atoms with Crippen LogP contribution in [-0.2, 0) is 4.79 Å². The minimum atomic E-state index is -0.523. The van der Waals surface area contributed by atoms with Gasteiger partial charge in [-0.3, -0.25) is 20.2 Å². The molecule has 29 heavy (non-hydrogen) atoms. The summed E-state index contributed by atoms with van der Waals surface area (Å²) in [6.07, 6.45) is 3.11. The van der Waals surface area contributed by atoms with E-state index in [0.717, 1.165) is 16.3 Å². The first kappa shape index (κ1) is 20.0. The predicted molar refractivity (Wildman–Crippen MR) is 117 cm³/mol. The number of benzene rings is 3. The molecule has 0 heterocycles. The van der Waals surface area contributed by atoms with Gasteiger partial charge in [0.1, 0.15) is 5.75 Å². The lowest BCUT2D eigenvalue weighted by molar-refractivity contribution is -0.384. The molecule has 0 atom stereocenters. The first-order valence-corrected chi connectivity index (χ1v) is 8.99. The van der Waals surface area contributed by atoms with Crippen molar-refractivity contribution in [3.63, 3.8) is 0 Å². The first-order valence-electron chi connectivity index (χ1n) is 8.58. The second-order valence-electron chi connectivity index (χ2n) is 5.99. The van der Waals surface area contributed by atoms with Crippen LogP contribution in [-0.4, -0.2) is 23.1 Å². The summed E-state index contributed by atoms with van der Waals surface area (Å²) in [5.41, 5.74) is 1.20. The van der Waals surface area contributed by atoms with Gasteiger partial charge in [-0.05, 0) is 40.7 Å². The molecule has 8 heteroatoms. The van der Waals surface area contributed by atoms with Crippen molar-refractivity contribution >= 4 is 51.5 Å². The van der Waals surface area contributed by atoms with Crippen molar-refractivity contribution in [3.05, 3.63) is 82.4 Å². The molecule has 0 spiro atoms. The molecule has 0 aromatic heterocycles. The SMILES string of the molecule is COc1cc([N+](=O)[O-])ccc1NC(=S)NC(=O)/C=C/c1cccc2ccccc12.